The van der Waals surface area contributed by atoms with Gasteiger partial charge in [-0.1, -0.05) is 32.6 Å². The van der Waals surface area contributed by atoms with Gasteiger partial charge in [-0.05, 0) is 46.1 Å². The molecule has 0 aliphatic carbocycles. The third kappa shape index (κ3) is 6.79. The van der Waals surface area contributed by atoms with E-state index >= 15 is 0 Å². The van der Waals surface area contributed by atoms with Crippen molar-refractivity contribution in [1.82, 2.24) is 10.2 Å². The summed E-state index contributed by atoms with van der Waals surface area (Å²) in [4.78, 5) is 14.6. The van der Waals surface area contributed by atoms with Crippen molar-refractivity contribution < 1.29 is 9.90 Å². The van der Waals surface area contributed by atoms with E-state index in [1.54, 1.807) is 0 Å². The van der Waals surface area contributed by atoms with Crippen molar-refractivity contribution in [2.24, 2.45) is 0 Å². The fourth-order valence-corrected chi connectivity index (χ4v) is 3.24. The normalized spacial score (nSPS) is 23.3. The molecule has 1 rings (SSSR count). The maximum atomic E-state index is 12.3. The van der Waals surface area contributed by atoms with E-state index in [-0.39, 0.29) is 18.1 Å². The van der Waals surface area contributed by atoms with E-state index in [2.05, 4.69) is 17.1 Å². The lowest BCUT2D eigenvalue weighted by atomic mass is 10.0. The highest BCUT2D eigenvalue weighted by Gasteiger charge is 2.29. The lowest BCUT2D eigenvalue weighted by molar-refractivity contribution is -0.127. The summed E-state index contributed by atoms with van der Waals surface area (Å²) in [5.41, 5.74) is 0. The third-order valence-electron chi connectivity index (χ3n) is 4.49. The first-order valence-corrected chi connectivity index (χ1v) is 8.77. The first-order chi connectivity index (χ1) is 10.1. The number of carbonyl (C=O) groups is 1. The summed E-state index contributed by atoms with van der Waals surface area (Å²) >= 11 is 0. The first kappa shape index (κ1) is 18.4. The molecule has 1 aliphatic heterocycles. The number of likely N-dealkylation sites (tertiary alicyclic amines) is 1. The van der Waals surface area contributed by atoms with Gasteiger partial charge in [0.1, 0.15) is 0 Å². The minimum absolute atomic E-state index is 0.0894. The number of hydrogen-bond acceptors (Lipinski definition) is 3. The fraction of sp³-hybridized carbons (Fsp3) is 0.941. The Bertz CT molecular complexity index is 295. The molecule has 0 aromatic rings. The van der Waals surface area contributed by atoms with Crippen LogP contribution < -0.4 is 5.32 Å². The smallest absolute Gasteiger partial charge is 0.237 e. The van der Waals surface area contributed by atoms with Crippen molar-refractivity contribution in [2.45, 2.75) is 90.3 Å². The van der Waals surface area contributed by atoms with Gasteiger partial charge in [0, 0.05) is 12.6 Å². The number of hydrogen-bond donors (Lipinski definition) is 2. The van der Waals surface area contributed by atoms with E-state index in [4.69, 9.17) is 0 Å². The van der Waals surface area contributed by atoms with Crippen molar-refractivity contribution in [3.63, 3.8) is 0 Å². The molecule has 1 amide bonds. The summed E-state index contributed by atoms with van der Waals surface area (Å²) in [6, 6.07) is 0.248. The molecule has 0 radical (unpaired) electrons. The van der Waals surface area contributed by atoms with Gasteiger partial charge in [-0.3, -0.25) is 9.69 Å². The van der Waals surface area contributed by atoms with Gasteiger partial charge in [0.15, 0.2) is 0 Å². The second-order valence-electron chi connectivity index (χ2n) is 6.50. The molecule has 124 valence electrons. The molecule has 0 bridgehead atoms. The molecule has 0 aromatic carbocycles. The number of aliphatic hydroxyl groups is 1. The third-order valence-corrected chi connectivity index (χ3v) is 4.49. The summed E-state index contributed by atoms with van der Waals surface area (Å²) in [6.07, 6.45) is 8.57. The number of amides is 1. The molecule has 4 heteroatoms. The van der Waals surface area contributed by atoms with E-state index in [0.717, 1.165) is 38.8 Å². The topological polar surface area (TPSA) is 52.6 Å². The highest BCUT2D eigenvalue weighted by molar-refractivity contribution is 5.81. The van der Waals surface area contributed by atoms with Crippen LogP contribution in [0.25, 0.3) is 0 Å². The summed E-state index contributed by atoms with van der Waals surface area (Å²) < 4.78 is 0. The van der Waals surface area contributed by atoms with Crippen LogP contribution in [0.2, 0.25) is 0 Å². The molecule has 1 fully saturated rings. The molecule has 21 heavy (non-hydrogen) atoms. The highest BCUT2D eigenvalue weighted by Crippen LogP contribution is 2.22. The average molecular weight is 298 g/mol. The van der Waals surface area contributed by atoms with E-state index in [0.29, 0.717) is 6.04 Å². The zero-order valence-corrected chi connectivity index (χ0v) is 14.1. The summed E-state index contributed by atoms with van der Waals surface area (Å²) in [6.45, 7) is 7.78. The molecule has 2 N–H and O–H groups in total. The highest BCUT2D eigenvalue weighted by atomic mass is 16.3. The summed E-state index contributed by atoms with van der Waals surface area (Å²) in [7, 11) is 0. The van der Waals surface area contributed by atoms with Crippen molar-refractivity contribution in [1.29, 1.82) is 0 Å². The van der Waals surface area contributed by atoms with Crippen LogP contribution in [0.4, 0.5) is 0 Å². The van der Waals surface area contributed by atoms with Crippen molar-refractivity contribution in [2.75, 3.05) is 13.1 Å². The van der Waals surface area contributed by atoms with Gasteiger partial charge in [0.05, 0.1) is 12.1 Å². The molecule has 1 aliphatic rings. The molecule has 0 aromatic heterocycles. The predicted molar refractivity (Wildman–Crippen MR) is 87.3 cm³/mol. The van der Waals surface area contributed by atoms with Gasteiger partial charge in [-0.25, -0.2) is 0 Å². The molecule has 3 atom stereocenters. The number of nitrogens with zero attached hydrogens (tertiary/aromatic N) is 1. The van der Waals surface area contributed by atoms with Gasteiger partial charge in [0.25, 0.3) is 0 Å². The Morgan fingerprint density at radius 1 is 1.29 bits per heavy atom. The largest absolute Gasteiger partial charge is 0.393 e. The molecular formula is C17H34N2O2. The van der Waals surface area contributed by atoms with Crippen molar-refractivity contribution in [3.8, 4) is 0 Å². The van der Waals surface area contributed by atoms with E-state index in [1.807, 2.05) is 13.8 Å². The van der Waals surface area contributed by atoms with Crippen molar-refractivity contribution >= 4 is 5.91 Å². The van der Waals surface area contributed by atoms with Crippen LogP contribution in [0.5, 0.6) is 0 Å². The van der Waals surface area contributed by atoms with Crippen LogP contribution in [-0.2, 0) is 4.79 Å². The zero-order chi connectivity index (χ0) is 15.7. The second kappa shape index (κ2) is 10.2. The number of aliphatic hydroxyl groups excluding tert-OH is 1. The lowest BCUT2D eigenvalue weighted by Gasteiger charge is -2.35. The zero-order valence-electron chi connectivity index (χ0n) is 14.1. The predicted octanol–water partition coefficient (Wildman–Crippen LogP) is 2.70. The molecule has 0 spiro atoms. The Balaban J connectivity index is 2.53. The van der Waals surface area contributed by atoms with E-state index < -0.39 is 0 Å². The minimum atomic E-state index is -0.296. The van der Waals surface area contributed by atoms with Crippen LogP contribution >= 0.6 is 0 Å². The molecule has 1 saturated heterocycles. The quantitative estimate of drug-likeness (QED) is 0.677. The molecule has 4 nitrogen and oxygen atoms in total. The van der Waals surface area contributed by atoms with Gasteiger partial charge >= 0.3 is 0 Å². The van der Waals surface area contributed by atoms with Gasteiger partial charge in [0.2, 0.25) is 5.91 Å². The molecule has 1 heterocycles. The van der Waals surface area contributed by atoms with Crippen LogP contribution in [0.15, 0.2) is 0 Å². The second-order valence-corrected chi connectivity index (χ2v) is 6.50. The molecule has 3 unspecified atom stereocenters. The van der Waals surface area contributed by atoms with Crippen molar-refractivity contribution in [3.05, 3.63) is 0 Å². The Morgan fingerprint density at radius 2 is 2.05 bits per heavy atom. The number of carbonyl (C=O) groups excluding carboxylic acids is 1. The van der Waals surface area contributed by atoms with E-state index in [9.17, 15) is 9.90 Å². The minimum Gasteiger partial charge on any atom is -0.393 e. The van der Waals surface area contributed by atoms with Gasteiger partial charge in [-0.2, -0.15) is 0 Å². The SMILES string of the molecule is CCCCCNC(=O)C(C)N1CCCCCC1CC(C)O. The molecular weight excluding hydrogens is 264 g/mol. The van der Waals surface area contributed by atoms with E-state index in [1.165, 1.54) is 25.7 Å². The lowest BCUT2D eigenvalue weighted by Crippen LogP contribution is -2.50. The van der Waals surface area contributed by atoms with Gasteiger partial charge < -0.3 is 10.4 Å². The number of rotatable bonds is 8. The molecule has 0 saturated carbocycles. The number of nitrogens with one attached hydrogen (secondary N) is 1. The maximum absolute atomic E-state index is 12.3. The average Bonchev–Trinajstić information content (AvgIpc) is 2.67. The standard InChI is InChI=1S/C17H34N2O2/c1-4-5-8-11-18-17(21)15(3)19-12-9-6-7-10-16(19)13-14(2)20/h14-16,20H,4-13H2,1-3H3,(H,18,21). The Morgan fingerprint density at radius 3 is 2.71 bits per heavy atom. The Kier molecular flexibility index (Phi) is 8.93. The maximum Gasteiger partial charge on any atom is 0.237 e. The Labute approximate surface area is 130 Å². The van der Waals surface area contributed by atoms with Crippen LogP contribution in [0.3, 0.4) is 0 Å². The first-order valence-electron chi connectivity index (χ1n) is 8.77. The summed E-state index contributed by atoms with van der Waals surface area (Å²) in [5, 5.41) is 12.8. The van der Waals surface area contributed by atoms with Crippen LogP contribution in [0, 0.1) is 0 Å². The fourth-order valence-electron chi connectivity index (χ4n) is 3.24. The summed E-state index contributed by atoms with van der Waals surface area (Å²) in [5.74, 6) is 0.142. The number of unbranched alkanes of at least 4 members (excludes halogenated alkanes) is 2. The van der Waals surface area contributed by atoms with Gasteiger partial charge in [-0.15, -0.1) is 0 Å². The van der Waals surface area contributed by atoms with Crippen LogP contribution in [0.1, 0.15) is 72.1 Å². The monoisotopic (exact) mass is 298 g/mol. The van der Waals surface area contributed by atoms with Crippen LogP contribution in [-0.4, -0.2) is 47.2 Å². The Hall–Kier alpha value is -0.610.